The number of ether oxygens (including phenoxy) is 1. The first kappa shape index (κ1) is 27.8. The van der Waals surface area contributed by atoms with Crippen LogP contribution in [0.2, 0.25) is 0 Å². The van der Waals surface area contributed by atoms with E-state index in [1.54, 1.807) is 18.2 Å². The molecule has 0 atom stereocenters. The van der Waals surface area contributed by atoms with Gasteiger partial charge in [-0.05, 0) is 79.6 Å². The van der Waals surface area contributed by atoms with E-state index in [2.05, 4.69) is 4.72 Å². The van der Waals surface area contributed by atoms with Crippen LogP contribution >= 0.6 is 0 Å². The molecule has 3 aromatic rings. The van der Waals surface area contributed by atoms with Crippen molar-refractivity contribution in [2.75, 3.05) is 16.6 Å². The lowest BCUT2D eigenvalue weighted by atomic mass is 10.1. The van der Waals surface area contributed by atoms with Gasteiger partial charge in [0.1, 0.15) is 5.75 Å². The monoisotopic (exact) mass is 546 g/mol. The number of rotatable bonds is 7. The average Bonchev–Trinajstić information content (AvgIpc) is 2.79. The van der Waals surface area contributed by atoms with Crippen LogP contribution in [0.25, 0.3) is 0 Å². The molecule has 0 unspecified atom stereocenters. The lowest BCUT2D eigenvalue weighted by molar-refractivity contribution is -0.143. The maximum atomic E-state index is 13.0. The van der Waals surface area contributed by atoms with Gasteiger partial charge in [-0.1, -0.05) is 6.07 Å². The zero-order chi connectivity index (χ0) is 27.6. The molecule has 0 aliphatic rings. The van der Waals surface area contributed by atoms with E-state index < -0.39 is 51.7 Å². The third-order valence-electron chi connectivity index (χ3n) is 5.13. The van der Waals surface area contributed by atoms with Crippen molar-refractivity contribution >= 4 is 27.3 Å². The summed E-state index contributed by atoms with van der Waals surface area (Å²) >= 11 is 0. The SMILES string of the molecule is Cc1ccc(NS(=O)(=O)c2ccc(OCC(=O)Nc3cc(C(F)(F)F)cc(C(F)(F)F)c3)cc2)cc1C. The van der Waals surface area contributed by atoms with E-state index in [-0.39, 0.29) is 16.7 Å². The third kappa shape index (κ3) is 7.38. The predicted molar refractivity (Wildman–Crippen MR) is 124 cm³/mol. The second kappa shape index (κ2) is 10.3. The third-order valence-corrected chi connectivity index (χ3v) is 6.53. The molecule has 3 aromatic carbocycles. The van der Waals surface area contributed by atoms with Gasteiger partial charge >= 0.3 is 12.4 Å². The van der Waals surface area contributed by atoms with Crippen molar-refractivity contribution in [1.82, 2.24) is 0 Å². The molecule has 1 amide bonds. The Balaban J connectivity index is 1.65. The first-order valence-electron chi connectivity index (χ1n) is 10.5. The molecular weight excluding hydrogens is 526 g/mol. The van der Waals surface area contributed by atoms with E-state index in [0.717, 1.165) is 11.1 Å². The maximum Gasteiger partial charge on any atom is 0.416 e. The standard InChI is InChI=1S/C24H20F6N2O4S/c1-14-3-4-18(9-15(14)2)32-37(34,35)21-7-5-20(6-8-21)36-13-22(33)31-19-11-16(23(25,26)27)10-17(12-19)24(28,29)30/h3-12,32H,13H2,1-2H3,(H,31,33). The number of hydrogen-bond donors (Lipinski definition) is 2. The molecule has 0 heterocycles. The molecule has 2 N–H and O–H groups in total. The fourth-order valence-electron chi connectivity index (χ4n) is 3.11. The number of carbonyl (C=O) groups excluding carboxylic acids is 1. The van der Waals surface area contributed by atoms with Crippen LogP contribution in [-0.2, 0) is 27.2 Å². The second-order valence-corrected chi connectivity index (χ2v) is 9.69. The molecular formula is C24H20F6N2O4S. The van der Waals surface area contributed by atoms with E-state index in [0.29, 0.717) is 17.8 Å². The minimum absolute atomic E-state index is 0.0419. The smallest absolute Gasteiger partial charge is 0.416 e. The lowest BCUT2D eigenvalue weighted by Crippen LogP contribution is -2.21. The summed E-state index contributed by atoms with van der Waals surface area (Å²) in [6.45, 7) is 2.95. The summed E-state index contributed by atoms with van der Waals surface area (Å²) in [6.07, 6.45) is -10.1. The molecule has 0 saturated carbocycles. The van der Waals surface area contributed by atoms with Crippen molar-refractivity contribution in [3.8, 4) is 5.75 Å². The van der Waals surface area contributed by atoms with Crippen LogP contribution in [0.3, 0.4) is 0 Å². The van der Waals surface area contributed by atoms with Gasteiger partial charge in [0.05, 0.1) is 16.0 Å². The Morgan fingerprint density at radius 3 is 1.86 bits per heavy atom. The predicted octanol–water partition coefficient (Wildman–Crippen LogP) is 6.16. The number of hydrogen-bond acceptors (Lipinski definition) is 4. The number of benzene rings is 3. The van der Waals surface area contributed by atoms with Gasteiger partial charge in [-0.15, -0.1) is 0 Å². The van der Waals surface area contributed by atoms with Gasteiger partial charge in [0.2, 0.25) is 0 Å². The Bertz CT molecular complexity index is 1370. The Labute approximate surface area is 208 Å². The zero-order valence-electron chi connectivity index (χ0n) is 19.3. The van der Waals surface area contributed by atoms with Gasteiger partial charge in [-0.3, -0.25) is 9.52 Å². The average molecular weight is 546 g/mol. The quantitative estimate of drug-likeness (QED) is 0.348. The minimum atomic E-state index is -5.06. The minimum Gasteiger partial charge on any atom is -0.484 e. The fourth-order valence-corrected chi connectivity index (χ4v) is 4.16. The summed E-state index contributed by atoms with van der Waals surface area (Å²) in [5.74, 6) is -0.985. The molecule has 0 aliphatic heterocycles. The molecule has 13 heteroatoms. The summed E-state index contributed by atoms with van der Waals surface area (Å²) in [5, 5.41) is 1.94. The van der Waals surface area contributed by atoms with Crippen LogP contribution in [0.1, 0.15) is 22.3 Å². The van der Waals surface area contributed by atoms with Gasteiger partial charge in [0.15, 0.2) is 6.61 Å². The van der Waals surface area contributed by atoms with Gasteiger partial charge in [-0.2, -0.15) is 26.3 Å². The van der Waals surface area contributed by atoms with Crippen molar-refractivity contribution in [2.45, 2.75) is 31.1 Å². The number of sulfonamides is 1. The number of amides is 1. The van der Waals surface area contributed by atoms with E-state index in [1.807, 2.05) is 19.2 Å². The Hall–Kier alpha value is -3.74. The van der Waals surface area contributed by atoms with Crippen LogP contribution in [0, 0.1) is 13.8 Å². The molecule has 6 nitrogen and oxygen atoms in total. The fraction of sp³-hybridized carbons (Fsp3) is 0.208. The number of aryl methyl sites for hydroxylation is 2. The molecule has 0 aliphatic carbocycles. The van der Waals surface area contributed by atoms with Crippen molar-refractivity contribution < 1.29 is 44.3 Å². The van der Waals surface area contributed by atoms with Crippen LogP contribution in [-0.4, -0.2) is 20.9 Å². The maximum absolute atomic E-state index is 13.0. The Morgan fingerprint density at radius 1 is 0.784 bits per heavy atom. The molecule has 3 rings (SSSR count). The summed E-state index contributed by atoms with van der Waals surface area (Å²) < 4.78 is 111. The van der Waals surface area contributed by atoms with Crippen molar-refractivity contribution in [2.24, 2.45) is 0 Å². The van der Waals surface area contributed by atoms with E-state index in [9.17, 15) is 39.6 Å². The number of alkyl halides is 6. The Kier molecular flexibility index (Phi) is 7.77. The molecule has 0 radical (unpaired) electrons. The molecule has 0 aromatic heterocycles. The second-order valence-electron chi connectivity index (χ2n) is 8.01. The van der Waals surface area contributed by atoms with Gasteiger partial charge in [0, 0.05) is 11.4 Å². The van der Waals surface area contributed by atoms with Crippen LogP contribution < -0.4 is 14.8 Å². The largest absolute Gasteiger partial charge is 0.484 e. The van der Waals surface area contributed by atoms with Crippen LogP contribution in [0.15, 0.2) is 65.6 Å². The lowest BCUT2D eigenvalue weighted by Gasteiger charge is -2.15. The van der Waals surface area contributed by atoms with Gasteiger partial charge in [-0.25, -0.2) is 8.42 Å². The summed E-state index contributed by atoms with van der Waals surface area (Å²) in [4.78, 5) is 12.0. The number of carbonyl (C=O) groups is 1. The highest BCUT2D eigenvalue weighted by Crippen LogP contribution is 2.37. The molecule has 0 saturated heterocycles. The van der Waals surface area contributed by atoms with Crippen LogP contribution in [0.5, 0.6) is 5.75 Å². The topological polar surface area (TPSA) is 84.5 Å². The van der Waals surface area contributed by atoms with Gasteiger partial charge in [0.25, 0.3) is 15.9 Å². The van der Waals surface area contributed by atoms with Crippen molar-refractivity contribution in [3.05, 3.63) is 82.9 Å². The number of anilines is 2. The number of halogens is 6. The summed E-state index contributed by atoms with van der Waals surface area (Å²) in [5.41, 5.74) is -1.63. The van der Waals surface area contributed by atoms with E-state index in [1.165, 1.54) is 24.3 Å². The van der Waals surface area contributed by atoms with Crippen molar-refractivity contribution in [3.63, 3.8) is 0 Å². The zero-order valence-corrected chi connectivity index (χ0v) is 20.1. The van der Waals surface area contributed by atoms with E-state index in [4.69, 9.17) is 4.74 Å². The molecule has 0 bridgehead atoms. The first-order valence-corrected chi connectivity index (χ1v) is 12.0. The number of nitrogens with one attached hydrogen (secondary N) is 2. The van der Waals surface area contributed by atoms with Crippen LogP contribution in [0.4, 0.5) is 37.7 Å². The summed E-state index contributed by atoms with van der Waals surface area (Å²) in [6, 6.07) is 10.6. The summed E-state index contributed by atoms with van der Waals surface area (Å²) in [7, 11) is -3.93. The highest BCUT2D eigenvalue weighted by atomic mass is 32.2. The molecule has 198 valence electrons. The molecule has 0 fully saturated rings. The van der Waals surface area contributed by atoms with Crippen molar-refractivity contribution in [1.29, 1.82) is 0 Å². The van der Waals surface area contributed by atoms with Gasteiger partial charge < -0.3 is 10.1 Å². The highest BCUT2D eigenvalue weighted by molar-refractivity contribution is 7.92. The molecule has 37 heavy (non-hydrogen) atoms. The Morgan fingerprint density at radius 2 is 1.35 bits per heavy atom. The molecule has 0 spiro atoms. The normalized spacial score (nSPS) is 12.2. The van der Waals surface area contributed by atoms with E-state index >= 15 is 0 Å². The first-order chi connectivity index (χ1) is 17.0. The highest BCUT2D eigenvalue weighted by Gasteiger charge is 2.37.